The molecule has 0 aliphatic heterocycles. The van der Waals surface area contributed by atoms with Gasteiger partial charge in [0.2, 0.25) is 0 Å². The molecule has 0 bridgehead atoms. The first-order valence-electron chi connectivity index (χ1n) is 10.2. The minimum Gasteiger partial charge on any atom is -0.496 e. The van der Waals surface area contributed by atoms with Crippen LogP contribution >= 0.6 is 0 Å². The van der Waals surface area contributed by atoms with Crippen molar-refractivity contribution in [1.82, 2.24) is 0 Å². The van der Waals surface area contributed by atoms with E-state index in [9.17, 15) is 8.42 Å². The fourth-order valence-electron chi connectivity index (χ4n) is 3.57. The van der Waals surface area contributed by atoms with Gasteiger partial charge in [0, 0.05) is 17.2 Å². The van der Waals surface area contributed by atoms with E-state index in [1.165, 1.54) is 0 Å². The molecule has 0 aliphatic carbocycles. The third-order valence-corrected chi connectivity index (χ3v) is 6.65. The largest absolute Gasteiger partial charge is 0.496 e. The molecule has 0 atom stereocenters. The number of nitrogens with zero attached hydrogens (tertiary/aromatic N) is 1. The van der Waals surface area contributed by atoms with Crippen LogP contribution in [-0.2, 0) is 10.0 Å². The van der Waals surface area contributed by atoms with Crippen LogP contribution in [-0.4, -0.2) is 21.7 Å². The lowest BCUT2D eigenvalue weighted by molar-refractivity contribution is 0.420. The molecule has 4 aromatic carbocycles. The molecule has 0 heterocycles. The van der Waals surface area contributed by atoms with Crippen molar-refractivity contribution in [3.63, 3.8) is 0 Å². The molecular weight excluding hydrogens is 420 g/mol. The average Bonchev–Trinajstić information content (AvgIpc) is 2.79. The Balaban J connectivity index is 1.57. The van der Waals surface area contributed by atoms with Gasteiger partial charge in [-0.2, -0.15) is 0 Å². The van der Waals surface area contributed by atoms with Crippen molar-refractivity contribution in [3.8, 4) is 5.75 Å². The van der Waals surface area contributed by atoms with Crippen molar-refractivity contribution in [2.24, 2.45) is 4.99 Å². The van der Waals surface area contributed by atoms with E-state index in [4.69, 9.17) is 4.74 Å². The minimum atomic E-state index is -3.68. The van der Waals surface area contributed by atoms with Crippen molar-refractivity contribution in [2.45, 2.75) is 18.7 Å². The summed E-state index contributed by atoms with van der Waals surface area (Å²) in [6.07, 6.45) is 1.78. The van der Waals surface area contributed by atoms with Crippen molar-refractivity contribution in [3.05, 3.63) is 95.6 Å². The predicted molar refractivity (Wildman–Crippen MR) is 131 cm³/mol. The second-order valence-electron chi connectivity index (χ2n) is 7.58. The maximum absolute atomic E-state index is 12.8. The third kappa shape index (κ3) is 4.50. The topological polar surface area (TPSA) is 67.8 Å². The summed E-state index contributed by atoms with van der Waals surface area (Å²) in [5.41, 5.74) is 4.15. The molecule has 0 saturated carbocycles. The monoisotopic (exact) mass is 444 g/mol. The van der Waals surface area contributed by atoms with Gasteiger partial charge in [0.15, 0.2) is 0 Å². The highest BCUT2D eigenvalue weighted by Crippen LogP contribution is 2.28. The number of fused-ring (bicyclic) bond motifs is 1. The standard InChI is InChI=1S/C26H24N2O3S/c1-18-8-14-25(19(2)16-18)28-32(29,30)22-12-10-21(11-13-22)27-17-20-9-15-26(31-3)24-7-5-4-6-23(20)24/h4-17,28H,1-3H3. The van der Waals surface area contributed by atoms with Gasteiger partial charge in [-0.1, -0.05) is 42.0 Å². The summed E-state index contributed by atoms with van der Waals surface area (Å²) < 4.78 is 33.6. The molecule has 162 valence electrons. The zero-order chi connectivity index (χ0) is 22.7. The quantitative estimate of drug-likeness (QED) is 0.370. The van der Waals surface area contributed by atoms with Gasteiger partial charge in [0.05, 0.1) is 23.4 Å². The molecular formula is C26H24N2O3S. The number of methoxy groups -OCH3 is 1. The zero-order valence-corrected chi connectivity index (χ0v) is 19.0. The van der Waals surface area contributed by atoms with E-state index in [1.807, 2.05) is 62.4 Å². The third-order valence-electron chi connectivity index (χ3n) is 5.26. The van der Waals surface area contributed by atoms with Crippen LogP contribution in [0.5, 0.6) is 5.75 Å². The smallest absolute Gasteiger partial charge is 0.261 e. The number of rotatable bonds is 6. The Morgan fingerprint density at radius 1 is 0.875 bits per heavy atom. The maximum Gasteiger partial charge on any atom is 0.261 e. The van der Waals surface area contributed by atoms with Crippen LogP contribution in [0.3, 0.4) is 0 Å². The van der Waals surface area contributed by atoms with E-state index in [0.717, 1.165) is 33.2 Å². The van der Waals surface area contributed by atoms with Crippen molar-refractivity contribution < 1.29 is 13.2 Å². The van der Waals surface area contributed by atoms with Crippen LogP contribution in [0.4, 0.5) is 11.4 Å². The average molecular weight is 445 g/mol. The number of hydrogen-bond donors (Lipinski definition) is 1. The number of aliphatic imine (C=N–C) groups is 1. The Kier molecular flexibility index (Phi) is 5.97. The number of ether oxygens (including phenoxy) is 1. The molecule has 0 amide bonds. The first-order valence-corrected chi connectivity index (χ1v) is 11.7. The molecule has 5 nitrogen and oxygen atoms in total. The second kappa shape index (κ2) is 8.85. The van der Waals surface area contributed by atoms with Crippen LogP contribution in [0.1, 0.15) is 16.7 Å². The molecule has 0 aliphatic rings. The van der Waals surface area contributed by atoms with Crippen LogP contribution in [0.2, 0.25) is 0 Å². The molecule has 0 fully saturated rings. The zero-order valence-electron chi connectivity index (χ0n) is 18.2. The lowest BCUT2D eigenvalue weighted by Crippen LogP contribution is -2.13. The van der Waals surface area contributed by atoms with Gasteiger partial charge in [-0.15, -0.1) is 0 Å². The van der Waals surface area contributed by atoms with Gasteiger partial charge in [0.1, 0.15) is 5.75 Å². The van der Waals surface area contributed by atoms with E-state index in [2.05, 4.69) is 9.71 Å². The number of aryl methyl sites for hydroxylation is 2. The van der Waals surface area contributed by atoms with Crippen LogP contribution in [0.25, 0.3) is 10.8 Å². The molecule has 32 heavy (non-hydrogen) atoms. The molecule has 6 heteroatoms. The number of sulfonamides is 1. The molecule has 0 spiro atoms. The number of nitrogens with one attached hydrogen (secondary N) is 1. The Morgan fingerprint density at radius 2 is 1.59 bits per heavy atom. The van der Waals surface area contributed by atoms with Crippen LogP contribution in [0.15, 0.2) is 88.8 Å². The Labute approximate surface area is 188 Å². The molecule has 0 unspecified atom stereocenters. The summed E-state index contributed by atoms with van der Waals surface area (Å²) in [5.74, 6) is 0.809. The first-order chi connectivity index (χ1) is 15.4. The number of hydrogen-bond acceptors (Lipinski definition) is 4. The van der Waals surface area contributed by atoms with Gasteiger partial charge >= 0.3 is 0 Å². The summed E-state index contributed by atoms with van der Waals surface area (Å²) in [5, 5.41) is 2.05. The highest BCUT2D eigenvalue weighted by Gasteiger charge is 2.15. The fourth-order valence-corrected chi connectivity index (χ4v) is 4.70. The second-order valence-corrected chi connectivity index (χ2v) is 9.26. The maximum atomic E-state index is 12.8. The summed E-state index contributed by atoms with van der Waals surface area (Å²) in [7, 11) is -2.03. The number of benzene rings is 4. The first kappa shape index (κ1) is 21.6. The van der Waals surface area contributed by atoms with E-state index in [-0.39, 0.29) is 4.90 Å². The summed E-state index contributed by atoms with van der Waals surface area (Å²) in [6, 6.07) is 24.0. The van der Waals surface area contributed by atoms with Gasteiger partial charge < -0.3 is 4.74 Å². The van der Waals surface area contributed by atoms with E-state index in [0.29, 0.717) is 11.4 Å². The number of anilines is 1. The highest BCUT2D eigenvalue weighted by molar-refractivity contribution is 7.92. The molecule has 4 aromatic rings. The van der Waals surface area contributed by atoms with Gasteiger partial charge in [-0.05, 0) is 67.3 Å². The Hall–Kier alpha value is -3.64. The summed E-state index contributed by atoms with van der Waals surface area (Å²) >= 11 is 0. The lowest BCUT2D eigenvalue weighted by atomic mass is 10.0. The minimum absolute atomic E-state index is 0.186. The van der Waals surface area contributed by atoms with Gasteiger partial charge in [-0.3, -0.25) is 9.71 Å². The van der Waals surface area contributed by atoms with Crippen molar-refractivity contribution in [2.75, 3.05) is 11.8 Å². The predicted octanol–water partition coefficient (Wildman–Crippen LogP) is 6.02. The normalized spacial score (nSPS) is 11.7. The van der Waals surface area contributed by atoms with Crippen LogP contribution in [0, 0.1) is 13.8 Å². The molecule has 4 rings (SSSR count). The molecule has 0 saturated heterocycles. The Bertz CT molecular complexity index is 1410. The molecule has 0 aromatic heterocycles. The molecule has 1 N–H and O–H groups in total. The van der Waals surface area contributed by atoms with Crippen molar-refractivity contribution >= 4 is 38.4 Å². The summed E-state index contributed by atoms with van der Waals surface area (Å²) in [6.45, 7) is 3.85. The highest BCUT2D eigenvalue weighted by atomic mass is 32.2. The SMILES string of the molecule is COc1ccc(C=Nc2ccc(S(=O)(=O)Nc3ccc(C)cc3C)cc2)c2ccccc12. The fraction of sp³-hybridized carbons (Fsp3) is 0.115. The van der Waals surface area contributed by atoms with Crippen LogP contribution < -0.4 is 9.46 Å². The summed E-state index contributed by atoms with van der Waals surface area (Å²) in [4.78, 5) is 4.72. The lowest BCUT2D eigenvalue weighted by Gasteiger charge is -2.11. The molecule has 0 radical (unpaired) electrons. The van der Waals surface area contributed by atoms with E-state index < -0.39 is 10.0 Å². The van der Waals surface area contributed by atoms with Gasteiger partial charge in [0.25, 0.3) is 10.0 Å². The van der Waals surface area contributed by atoms with E-state index >= 15 is 0 Å². The Morgan fingerprint density at radius 3 is 2.28 bits per heavy atom. The van der Waals surface area contributed by atoms with Crippen molar-refractivity contribution in [1.29, 1.82) is 0 Å². The van der Waals surface area contributed by atoms with E-state index in [1.54, 1.807) is 43.7 Å². The van der Waals surface area contributed by atoms with Gasteiger partial charge in [-0.25, -0.2) is 8.42 Å².